The van der Waals surface area contributed by atoms with Crippen LogP contribution in [-0.4, -0.2) is 34.9 Å². The van der Waals surface area contributed by atoms with Crippen LogP contribution in [0.5, 0.6) is 0 Å². The van der Waals surface area contributed by atoms with Crippen LogP contribution in [0.2, 0.25) is 0 Å². The van der Waals surface area contributed by atoms with E-state index in [9.17, 15) is 4.79 Å². The van der Waals surface area contributed by atoms with E-state index in [4.69, 9.17) is 10.9 Å². The van der Waals surface area contributed by atoms with Crippen LogP contribution < -0.4 is 5.73 Å². The minimum absolute atomic E-state index is 0.0179. The number of carbonyl (C=O) groups excluding carboxylic acids is 1. The van der Waals surface area contributed by atoms with Gasteiger partial charge < -0.3 is 15.8 Å². The molecular formula is C16H19N3O2. The number of amides is 1. The summed E-state index contributed by atoms with van der Waals surface area (Å²) in [6, 6.07) is 13.5. The van der Waals surface area contributed by atoms with E-state index in [-0.39, 0.29) is 18.2 Å². The van der Waals surface area contributed by atoms with E-state index in [0.29, 0.717) is 0 Å². The van der Waals surface area contributed by atoms with Gasteiger partial charge in [-0.3, -0.25) is 4.79 Å². The van der Waals surface area contributed by atoms with Crippen molar-refractivity contribution in [3.05, 3.63) is 48.0 Å². The van der Waals surface area contributed by atoms with Crippen molar-refractivity contribution in [1.82, 2.24) is 4.90 Å². The van der Waals surface area contributed by atoms with Gasteiger partial charge in [0.2, 0.25) is 5.91 Å². The number of carbonyl (C=O) groups is 1. The highest BCUT2D eigenvalue weighted by molar-refractivity contribution is 5.90. The summed E-state index contributed by atoms with van der Waals surface area (Å²) in [7, 11) is 1.64. The third kappa shape index (κ3) is 3.31. The molecule has 0 heterocycles. The number of likely N-dealkylation sites (N-methyl/N-ethyl adjacent to an activating group) is 1. The molecule has 1 atom stereocenters. The number of hydrogen-bond donors (Lipinski definition) is 2. The van der Waals surface area contributed by atoms with Gasteiger partial charge in [-0.1, -0.05) is 47.6 Å². The molecule has 3 N–H and O–H groups in total. The number of rotatable bonds is 4. The predicted molar refractivity (Wildman–Crippen MR) is 83.3 cm³/mol. The molecule has 0 bridgehead atoms. The molecule has 1 amide bonds. The van der Waals surface area contributed by atoms with Crippen molar-refractivity contribution >= 4 is 22.5 Å². The van der Waals surface area contributed by atoms with Crippen molar-refractivity contribution < 1.29 is 10.0 Å². The number of oxime groups is 1. The molecule has 2 aromatic carbocycles. The lowest BCUT2D eigenvalue weighted by molar-refractivity contribution is -0.129. The Morgan fingerprint density at radius 1 is 1.29 bits per heavy atom. The minimum atomic E-state index is -0.442. The van der Waals surface area contributed by atoms with Crippen LogP contribution in [0.4, 0.5) is 0 Å². The Hall–Kier alpha value is -2.56. The molecule has 5 nitrogen and oxygen atoms in total. The molecule has 0 fully saturated rings. The second-order valence-electron chi connectivity index (χ2n) is 5.06. The summed E-state index contributed by atoms with van der Waals surface area (Å²) in [5.41, 5.74) is 6.47. The largest absolute Gasteiger partial charge is 0.409 e. The highest BCUT2D eigenvalue weighted by atomic mass is 16.4. The van der Waals surface area contributed by atoms with Crippen molar-refractivity contribution in [2.24, 2.45) is 10.9 Å². The van der Waals surface area contributed by atoms with Crippen LogP contribution >= 0.6 is 0 Å². The SMILES string of the molecule is CC(C(N)=NO)N(C)C(=O)Cc1ccc2ccccc2c1. The second kappa shape index (κ2) is 6.26. The number of nitrogens with two attached hydrogens (primary N) is 1. The van der Waals surface area contributed by atoms with Gasteiger partial charge in [-0.05, 0) is 23.3 Å². The second-order valence-corrected chi connectivity index (χ2v) is 5.06. The molecule has 2 rings (SSSR count). The topological polar surface area (TPSA) is 78.9 Å². The molecule has 0 aliphatic heterocycles. The van der Waals surface area contributed by atoms with Crippen LogP contribution in [-0.2, 0) is 11.2 Å². The van der Waals surface area contributed by atoms with Gasteiger partial charge in [0, 0.05) is 7.05 Å². The van der Waals surface area contributed by atoms with E-state index < -0.39 is 6.04 Å². The average Bonchev–Trinajstić information content (AvgIpc) is 2.52. The first-order valence-corrected chi connectivity index (χ1v) is 6.73. The van der Waals surface area contributed by atoms with Crippen molar-refractivity contribution in [3.63, 3.8) is 0 Å². The number of benzene rings is 2. The molecule has 5 heteroatoms. The number of nitrogens with zero attached hydrogens (tertiary/aromatic N) is 2. The third-order valence-corrected chi connectivity index (χ3v) is 3.69. The Bertz CT molecular complexity index is 682. The first kappa shape index (κ1) is 14.8. The Morgan fingerprint density at radius 2 is 1.95 bits per heavy atom. The Balaban J connectivity index is 2.14. The fourth-order valence-corrected chi connectivity index (χ4v) is 2.15. The van der Waals surface area contributed by atoms with E-state index in [1.807, 2.05) is 42.5 Å². The maximum Gasteiger partial charge on any atom is 0.227 e. The molecule has 21 heavy (non-hydrogen) atoms. The molecule has 0 aliphatic carbocycles. The Labute approximate surface area is 123 Å². The standard InChI is InChI=1S/C16H19N3O2/c1-11(16(17)18-21)19(2)15(20)10-12-7-8-13-5-3-4-6-14(13)9-12/h3-9,11,21H,10H2,1-2H3,(H2,17,18). The van der Waals surface area contributed by atoms with Crippen LogP contribution in [0.1, 0.15) is 12.5 Å². The smallest absolute Gasteiger partial charge is 0.227 e. The maximum absolute atomic E-state index is 12.2. The van der Waals surface area contributed by atoms with Crippen LogP contribution in [0.25, 0.3) is 10.8 Å². The summed E-state index contributed by atoms with van der Waals surface area (Å²) in [5, 5.41) is 13.9. The van der Waals surface area contributed by atoms with Crippen molar-refractivity contribution in [1.29, 1.82) is 0 Å². The first-order valence-electron chi connectivity index (χ1n) is 6.73. The summed E-state index contributed by atoms with van der Waals surface area (Å²) in [6.07, 6.45) is 0.282. The number of fused-ring (bicyclic) bond motifs is 1. The first-order chi connectivity index (χ1) is 10.0. The van der Waals surface area contributed by atoms with Crippen molar-refractivity contribution in [3.8, 4) is 0 Å². The van der Waals surface area contributed by atoms with Gasteiger partial charge >= 0.3 is 0 Å². The predicted octanol–water partition coefficient (Wildman–Crippen LogP) is 1.98. The summed E-state index contributed by atoms with van der Waals surface area (Å²) >= 11 is 0. The molecule has 0 saturated heterocycles. The maximum atomic E-state index is 12.2. The van der Waals surface area contributed by atoms with Crippen molar-refractivity contribution in [2.45, 2.75) is 19.4 Å². The monoisotopic (exact) mass is 285 g/mol. The molecule has 0 spiro atoms. The Kier molecular flexibility index (Phi) is 4.42. The zero-order chi connectivity index (χ0) is 15.4. The summed E-state index contributed by atoms with van der Waals surface area (Å²) in [5.74, 6) is -0.0613. The van der Waals surface area contributed by atoms with Crippen LogP contribution in [0, 0.1) is 0 Å². The van der Waals surface area contributed by atoms with E-state index in [0.717, 1.165) is 16.3 Å². The highest BCUT2D eigenvalue weighted by Crippen LogP contribution is 2.16. The molecule has 0 saturated carbocycles. The van der Waals surface area contributed by atoms with E-state index in [1.54, 1.807) is 14.0 Å². The molecule has 2 aromatic rings. The third-order valence-electron chi connectivity index (χ3n) is 3.69. The summed E-state index contributed by atoms with van der Waals surface area (Å²) in [6.45, 7) is 1.72. The van der Waals surface area contributed by atoms with Gasteiger partial charge in [0.1, 0.15) is 0 Å². The fraction of sp³-hybridized carbons (Fsp3) is 0.250. The lowest BCUT2D eigenvalue weighted by Gasteiger charge is -2.23. The lowest BCUT2D eigenvalue weighted by Crippen LogP contribution is -2.44. The zero-order valence-corrected chi connectivity index (χ0v) is 12.2. The normalized spacial score (nSPS) is 13.1. The lowest BCUT2D eigenvalue weighted by atomic mass is 10.0. The average molecular weight is 285 g/mol. The highest BCUT2D eigenvalue weighted by Gasteiger charge is 2.19. The van der Waals surface area contributed by atoms with Gasteiger partial charge in [0.15, 0.2) is 5.84 Å². The summed E-state index contributed by atoms with van der Waals surface area (Å²) < 4.78 is 0. The quantitative estimate of drug-likeness (QED) is 0.390. The molecule has 0 aromatic heterocycles. The van der Waals surface area contributed by atoms with Gasteiger partial charge in [0.25, 0.3) is 0 Å². The van der Waals surface area contributed by atoms with Gasteiger partial charge in [-0.15, -0.1) is 0 Å². The van der Waals surface area contributed by atoms with Gasteiger partial charge in [0.05, 0.1) is 12.5 Å². The number of amidine groups is 1. The zero-order valence-electron chi connectivity index (χ0n) is 12.2. The van der Waals surface area contributed by atoms with Crippen LogP contribution in [0.15, 0.2) is 47.6 Å². The number of hydrogen-bond acceptors (Lipinski definition) is 3. The fourth-order valence-electron chi connectivity index (χ4n) is 2.15. The van der Waals surface area contributed by atoms with Crippen LogP contribution in [0.3, 0.4) is 0 Å². The molecule has 0 radical (unpaired) electrons. The molecule has 110 valence electrons. The van der Waals surface area contributed by atoms with Crippen molar-refractivity contribution in [2.75, 3.05) is 7.05 Å². The minimum Gasteiger partial charge on any atom is -0.409 e. The van der Waals surface area contributed by atoms with E-state index in [2.05, 4.69) is 5.16 Å². The van der Waals surface area contributed by atoms with E-state index >= 15 is 0 Å². The van der Waals surface area contributed by atoms with Gasteiger partial charge in [-0.25, -0.2) is 0 Å². The summed E-state index contributed by atoms with van der Waals surface area (Å²) in [4.78, 5) is 13.7. The van der Waals surface area contributed by atoms with Gasteiger partial charge in [-0.2, -0.15) is 0 Å². The molecule has 0 aliphatic rings. The van der Waals surface area contributed by atoms with E-state index in [1.165, 1.54) is 4.90 Å². The molecule has 1 unspecified atom stereocenters. The Morgan fingerprint density at radius 3 is 2.62 bits per heavy atom. The molecular weight excluding hydrogens is 266 g/mol.